The zero-order valence-corrected chi connectivity index (χ0v) is 12.5. The third-order valence-corrected chi connectivity index (χ3v) is 4.88. The van der Waals surface area contributed by atoms with Crippen molar-refractivity contribution in [2.24, 2.45) is 5.73 Å². The second kappa shape index (κ2) is 6.15. The Morgan fingerprint density at radius 2 is 2.00 bits per heavy atom. The molecule has 1 aliphatic carbocycles. The number of aromatic nitrogens is 2. The van der Waals surface area contributed by atoms with Gasteiger partial charge >= 0.3 is 0 Å². The maximum Gasteiger partial charge on any atom is 0.246 e. The van der Waals surface area contributed by atoms with E-state index in [4.69, 9.17) is 10.3 Å². The van der Waals surface area contributed by atoms with Gasteiger partial charge in [0.1, 0.15) is 5.82 Å². The van der Waals surface area contributed by atoms with Gasteiger partial charge in [0, 0.05) is 4.90 Å². The summed E-state index contributed by atoms with van der Waals surface area (Å²) >= 11 is 1.36. The average Bonchev–Trinajstić information content (AvgIpc) is 2.97. The quantitative estimate of drug-likeness (QED) is 0.874. The van der Waals surface area contributed by atoms with E-state index < -0.39 is 5.54 Å². The molecule has 21 heavy (non-hydrogen) atoms. The maximum atomic E-state index is 13.5. The Morgan fingerprint density at radius 3 is 2.76 bits per heavy atom. The number of nitrogens with two attached hydrogens (primary N) is 1. The molecule has 0 aliphatic heterocycles. The second-order valence-electron chi connectivity index (χ2n) is 5.45. The van der Waals surface area contributed by atoms with E-state index in [0.717, 1.165) is 25.7 Å². The normalized spacial score (nSPS) is 17.8. The highest BCUT2D eigenvalue weighted by atomic mass is 32.2. The molecule has 6 heteroatoms. The van der Waals surface area contributed by atoms with E-state index in [1.165, 1.54) is 24.2 Å². The zero-order chi connectivity index (χ0) is 14.7. The first kappa shape index (κ1) is 14.5. The third-order valence-electron chi connectivity index (χ3n) is 3.83. The first-order valence-corrected chi connectivity index (χ1v) is 8.15. The number of hydrogen-bond acceptors (Lipinski definition) is 5. The molecule has 1 fully saturated rings. The molecule has 4 nitrogen and oxygen atoms in total. The van der Waals surface area contributed by atoms with Crippen LogP contribution in [0, 0.1) is 5.82 Å². The van der Waals surface area contributed by atoms with E-state index in [2.05, 4.69) is 10.1 Å². The molecule has 2 aromatic rings. The van der Waals surface area contributed by atoms with Gasteiger partial charge in [0.25, 0.3) is 0 Å². The maximum absolute atomic E-state index is 13.5. The molecule has 1 aliphatic rings. The molecule has 0 radical (unpaired) electrons. The molecule has 0 unspecified atom stereocenters. The lowest BCUT2D eigenvalue weighted by atomic mass is 9.82. The molecule has 0 spiro atoms. The molecule has 1 heterocycles. The summed E-state index contributed by atoms with van der Waals surface area (Å²) in [5.41, 5.74) is 5.88. The van der Waals surface area contributed by atoms with Gasteiger partial charge in [-0.3, -0.25) is 0 Å². The summed E-state index contributed by atoms with van der Waals surface area (Å²) in [5.74, 6) is 1.33. The van der Waals surface area contributed by atoms with Crippen molar-refractivity contribution >= 4 is 11.8 Å². The van der Waals surface area contributed by atoms with Crippen LogP contribution in [0.15, 0.2) is 33.7 Å². The highest BCUT2D eigenvalue weighted by molar-refractivity contribution is 7.98. The number of halogens is 1. The number of rotatable bonds is 4. The highest BCUT2D eigenvalue weighted by Gasteiger charge is 2.35. The summed E-state index contributed by atoms with van der Waals surface area (Å²) in [6.45, 7) is 0. The first-order chi connectivity index (χ1) is 10.2. The van der Waals surface area contributed by atoms with Crippen LogP contribution in [-0.4, -0.2) is 10.1 Å². The predicted molar refractivity (Wildman–Crippen MR) is 79.2 cm³/mol. The average molecular weight is 307 g/mol. The Hall–Kier alpha value is -1.40. The molecule has 0 bridgehead atoms. The lowest BCUT2D eigenvalue weighted by Gasteiger charge is -2.29. The van der Waals surface area contributed by atoms with E-state index in [1.54, 1.807) is 12.1 Å². The highest BCUT2D eigenvalue weighted by Crippen LogP contribution is 2.34. The van der Waals surface area contributed by atoms with Gasteiger partial charge in [-0.25, -0.2) is 4.39 Å². The molecule has 3 rings (SSSR count). The minimum Gasteiger partial charge on any atom is -0.337 e. The topological polar surface area (TPSA) is 64.9 Å². The summed E-state index contributed by atoms with van der Waals surface area (Å²) in [6.07, 6.45) is 5.17. The van der Waals surface area contributed by atoms with Gasteiger partial charge in [0.15, 0.2) is 5.82 Å². The Bertz CT molecular complexity index is 610. The van der Waals surface area contributed by atoms with Gasteiger partial charge in [-0.15, -0.1) is 11.8 Å². The summed E-state index contributed by atoms with van der Waals surface area (Å²) < 4.78 is 18.9. The fourth-order valence-corrected chi connectivity index (χ4v) is 3.40. The van der Waals surface area contributed by atoms with Crippen molar-refractivity contribution in [2.45, 2.75) is 48.3 Å². The lowest BCUT2D eigenvalue weighted by molar-refractivity contribution is 0.219. The second-order valence-corrected chi connectivity index (χ2v) is 6.47. The molecule has 0 atom stereocenters. The fourth-order valence-electron chi connectivity index (χ4n) is 2.62. The number of thioether (sulfide) groups is 1. The minimum atomic E-state index is -0.480. The van der Waals surface area contributed by atoms with E-state index >= 15 is 0 Å². The van der Waals surface area contributed by atoms with E-state index in [9.17, 15) is 4.39 Å². The summed E-state index contributed by atoms with van der Waals surface area (Å²) in [7, 11) is 0. The van der Waals surface area contributed by atoms with Crippen LogP contribution in [0.4, 0.5) is 4.39 Å². The zero-order valence-electron chi connectivity index (χ0n) is 11.7. The molecule has 1 aromatic carbocycles. The van der Waals surface area contributed by atoms with Crippen LogP contribution in [0.25, 0.3) is 0 Å². The van der Waals surface area contributed by atoms with Gasteiger partial charge in [-0.2, -0.15) is 4.98 Å². The molecule has 2 N–H and O–H groups in total. The third kappa shape index (κ3) is 3.27. The monoisotopic (exact) mass is 307 g/mol. The van der Waals surface area contributed by atoms with Crippen molar-refractivity contribution < 1.29 is 8.91 Å². The Morgan fingerprint density at radius 1 is 1.24 bits per heavy atom. The van der Waals surface area contributed by atoms with Crippen LogP contribution in [0.3, 0.4) is 0 Å². The standard InChI is InChI=1S/C15H18FN3OS/c16-11-6-2-3-7-12(11)21-10-13-18-14(20-19-13)15(17)8-4-1-5-9-15/h2-3,6-7H,1,4-5,8-10,17H2. The number of benzene rings is 1. The van der Waals surface area contributed by atoms with E-state index in [-0.39, 0.29) is 5.82 Å². The van der Waals surface area contributed by atoms with Crippen molar-refractivity contribution in [2.75, 3.05) is 0 Å². The Balaban J connectivity index is 1.67. The fraction of sp³-hybridized carbons (Fsp3) is 0.467. The molecule has 1 aromatic heterocycles. The molecule has 0 saturated heterocycles. The van der Waals surface area contributed by atoms with Crippen LogP contribution in [0.1, 0.15) is 43.8 Å². The van der Waals surface area contributed by atoms with Gasteiger partial charge in [0.05, 0.1) is 11.3 Å². The molecular weight excluding hydrogens is 289 g/mol. The number of nitrogens with zero attached hydrogens (tertiary/aromatic N) is 2. The first-order valence-electron chi connectivity index (χ1n) is 7.17. The van der Waals surface area contributed by atoms with Crippen LogP contribution in [-0.2, 0) is 11.3 Å². The minimum absolute atomic E-state index is 0.228. The summed E-state index contributed by atoms with van der Waals surface area (Å²) in [4.78, 5) is 4.99. The largest absolute Gasteiger partial charge is 0.337 e. The van der Waals surface area contributed by atoms with E-state index in [1.807, 2.05) is 6.07 Å². The van der Waals surface area contributed by atoms with Crippen molar-refractivity contribution in [3.05, 3.63) is 41.8 Å². The number of hydrogen-bond donors (Lipinski definition) is 1. The van der Waals surface area contributed by atoms with Gasteiger partial charge in [-0.05, 0) is 25.0 Å². The molecule has 1 saturated carbocycles. The van der Waals surface area contributed by atoms with Gasteiger partial charge in [0.2, 0.25) is 5.89 Å². The van der Waals surface area contributed by atoms with Crippen LogP contribution >= 0.6 is 11.8 Å². The smallest absolute Gasteiger partial charge is 0.246 e. The SMILES string of the molecule is NC1(c2nc(CSc3ccccc3F)no2)CCCCC1. The van der Waals surface area contributed by atoms with Crippen LogP contribution < -0.4 is 5.73 Å². The van der Waals surface area contributed by atoms with Gasteiger partial charge < -0.3 is 10.3 Å². The van der Waals surface area contributed by atoms with E-state index in [0.29, 0.717) is 22.4 Å². The lowest BCUT2D eigenvalue weighted by Crippen LogP contribution is -2.38. The Labute approximate surface area is 127 Å². The van der Waals surface area contributed by atoms with Crippen LogP contribution in [0.2, 0.25) is 0 Å². The van der Waals surface area contributed by atoms with Gasteiger partial charge in [-0.1, -0.05) is 36.6 Å². The van der Waals surface area contributed by atoms with Crippen molar-refractivity contribution in [1.29, 1.82) is 0 Å². The van der Waals surface area contributed by atoms with Crippen LogP contribution in [0.5, 0.6) is 0 Å². The predicted octanol–water partition coefficient (Wildman–Crippen LogP) is 3.62. The molecule has 0 amide bonds. The van der Waals surface area contributed by atoms with Crippen molar-refractivity contribution in [3.8, 4) is 0 Å². The molecule has 112 valence electrons. The summed E-state index contributed by atoms with van der Waals surface area (Å²) in [5, 5.41) is 3.97. The summed E-state index contributed by atoms with van der Waals surface area (Å²) in [6, 6.07) is 6.67. The molecular formula is C15H18FN3OS. The Kier molecular flexibility index (Phi) is 4.26. The van der Waals surface area contributed by atoms with Crippen molar-refractivity contribution in [3.63, 3.8) is 0 Å². The van der Waals surface area contributed by atoms with Crippen molar-refractivity contribution in [1.82, 2.24) is 10.1 Å².